The van der Waals surface area contributed by atoms with E-state index >= 15 is 0 Å². The molecule has 100 valence electrons. The lowest BCUT2D eigenvalue weighted by molar-refractivity contribution is 0.571. The minimum atomic E-state index is 1.15. The molecule has 0 atom stereocenters. The lowest BCUT2D eigenvalue weighted by Gasteiger charge is -2.18. The molecule has 0 aromatic heterocycles. The van der Waals surface area contributed by atoms with Crippen LogP contribution in [0.1, 0.15) is 78.1 Å². The number of allylic oxidation sites excluding steroid dienone is 1. The normalized spacial score (nSPS) is 16.6. The van der Waals surface area contributed by atoms with Gasteiger partial charge < -0.3 is 5.32 Å². The third-order valence-corrected chi connectivity index (χ3v) is 3.93. The Hall–Kier alpha value is -0.300. The molecule has 1 heteroatoms. The molecule has 1 rings (SSSR count). The van der Waals surface area contributed by atoms with Crippen molar-refractivity contribution in [1.29, 1.82) is 0 Å². The summed E-state index contributed by atoms with van der Waals surface area (Å²) in [7, 11) is 0. The van der Waals surface area contributed by atoms with Crippen molar-refractivity contribution in [3.05, 3.63) is 11.1 Å². The van der Waals surface area contributed by atoms with Crippen LogP contribution in [0.15, 0.2) is 11.1 Å². The molecule has 0 aromatic rings. The van der Waals surface area contributed by atoms with Gasteiger partial charge in [0.2, 0.25) is 0 Å². The predicted octanol–water partition coefficient (Wildman–Crippen LogP) is 4.83. The Morgan fingerprint density at radius 3 is 2.41 bits per heavy atom. The molecular formula is C16H31N. The van der Waals surface area contributed by atoms with Gasteiger partial charge in [-0.1, -0.05) is 50.2 Å². The molecule has 17 heavy (non-hydrogen) atoms. The van der Waals surface area contributed by atoms with E-state index in [1.807, 2.05) is 0 Å². The van der Waals surface area contributed by atoms with E-state index in [1.54, 1.807) is 11.1 Å². The van der Waals surface area contributed by atoms with Gasteiger partial charge in [0.1, 0.15) is 0 Å². The molecule has 1 aliphatic rings. The molecule has 0 radical (unpaired) electrons. The van der Waals surface area contributed by atoms with E-state index in [0.717, 1.165) is 6.54 Å². The molecular weight excluding hydrogens is 206 g/mol. The molecule has 0 aliphatic heterocycles. The molecule has 0 aromatic carbocycles. The van der Waals surface area contributed by atoms with Gasteiger partial charge in [0, 0.05) is 6.54 Å². The predicted molar refractivity (Wildman–Crippen MR) is 77.4 cm³/mol. The summed E-state index contributed by atoms with van der Waals surface area (Å²) in [5, 5.41) is 3.62. The fourth-order valence-corrected chi connectivity index (χ4v) is 2.63. The second-order valence-electron chi connectivity index (χ2n) is 5.54. The van der Waals surface area contributed by atoms with Crippen LogP contribution in [0.4, 0.5) is 0 Å². The van der Waals surface area contributed by atoms with Crippen molar-refractivity contribution in [2.24, 2.45) is 0 Å². The molecule has 0 fully saturated rings. The quantitative estimate of drug-likeness (QED) is 0.447. The smallest absolute Gasteiger partial charge is 0.0167 e. The number of hydrogen-bond donors (Lipinski definition) is 1. The molecule has 0 saturated heterocycles. The van der Waals surface area contributed by atoms with E-state index in [1.165, 1.54) is 70.8 Å². The van der Waals surface area contributed by atoms with Crippen LogP contribution in [0.25, 0.3) is 0 Å². The first-order valence-corrected chi connectivity index (χ1v) is 7.72. The van der Waals surface area contributed by atoms with Crippen LogP contribution in [-0.4, -0.2) is 13.1 Å². The van der Waals surface area contributed by atoms with Gasteiger partial charge in [-0.05, 0) is 45.6 Å². The second-order valence-corrected chi connectivity index (χ2v) is 5.54. The lowest BCUT2D eigenvalue weighted by Crippen LogP contribution is -2.20. The molecule has 1 nitrogen and oxygen atoms in total. The third kappa shape index (κ3) is 6.88. The van der Waals surface area contributed by atoms with E-state index in [-0.39, 0.29) is 0 Å². The molecule has 0 amide bonds. The average Bonchev–Trinajstić information content (AvgIpc) is 2.35. The van der Waals surface area contributed by atoms with Crippen LogP contribution < -0.4 is 5.32 Å². The average molecular weight is 237 g/mol. The molecule has 0 unspecified atom stereocenters. The van der Waals surface area contributed by atoms with Crippen molar-refractivity contribution >= 4 is 0 Å². The summed E-state index contributed by atoms with van der Waals surface area (Å²) in [5.74, 6) is 0. The zero-order valence-electron chi connectivity index (χ0n) is 12.0. The Bertz CT molecular complexity index is 218. The SMILES string of the molecule is CCCCCCCCNCC1=C(C)CCCC1. The molecule has 1 N–H and O–H groups in total. The number of nitrogens with one attached hydrogen (secondary N) is 1. The van der Waals surface area contributed by atoms with Gasteiger partial charge in [0.05, 0.1) is 0 Å². The highest BCUT2D eigenvalue weighted by molar-refractivity contribution is 5.16. The Labute approximate surface area is 108 Å². The maximum absolute atomic E-state index is 3.62. The summed E-state index contributed by atoms with van der Waals surface area (Å²) in [6.07, 6.45) is 13.9. The van der Waals surface area contributed by atoms with Gasteiger partial charge in [0.15, 0.2) is 0 Å². The van der Waals surface area contributed by atoms with Crippen LogP contribution in [0, 0.1) is 0 Å². The summed E-state index contributed by atoms with van der Waals surface area (Å²) in [5.41, 5.74) is 3.36. The van der Waals surface area contributed by atoms with Gasteiger partial charge in [-0.3, -0.25) is 0 Å². The van der Waals surface area contributed by atoms with Crippen LogP contribution in [-0.2, 0) is 0 Å². The molecule has 0 saturated carbocycles. The van der Waals surface area contributed by atoms with E-state index in [9.17, 15) is 0 Å². The van der Waals surface area contributed by atoms with E-state index in [4.69, 9.17) is 0 Å². The van der Waals surface area contributed by atoms with Crippen LogP contribution >= 0.6 is 0 Å². The second kappa shape index (κ2) is 9.70. The summed E-state index contributed by atoms with van der Waals surface area (Å²) < 4.78 is 0. The Morgan fingerprint density at radius 1 is 0.941 bits per heavy atom. The standard InChI is InChI=1S/C16H31N/c1-3-4-5-6-7-10-13-17-14-16-12-9-8-11-15(16)2/h17H,3-14H2,1-2H3. The highest BCUT2D eigenvalue weighted by atomic mass is 14.8. The first-order chi connectivity index (χ1) is 8.34. The van der Waals surface area contributed by atoms with Crippen LogP contribution in [0.2, 0.25) is 0 Å². The fourth-order valence-electron chi connectivity index (χ4n) is 2.63. The van der Waals surface area contributed by atoms with E-state index < -0.39 is 0 Å². The summed E-state index contributed by atoms with van der Waals surface area (Å²) >= 11 is 0. The van der Waals surface area contributed by atoms with E-state index in [2.05, 4.69) is 19.2 Å². The van der Waals surface area contributed by atoms with Gasteiger partial charge in [-0.15, -0.1) is 0 Å². The van der Waals surface area contributed by atoms with Crippen LogP contribution in [0.3, 0.4) is 0 Å². The summed E-state index contributed by atoms with van der Waals surface area (Å²) in [4.78, 5) is 0. The van der Waals surface area contributed by atoms with Crippen molar-refractivity contribution in [2.45, 2.75) is 78.1 Å². The fraction of sp³-hybridized carbons (Fsp3) is 0.875. The maximum Gasteiger partial charge on any atom is 0.0167 e. The van der Waals surface area contributed by atoms with Crippen molar-refractivity contribution in [3.8, 4) is 0 Å². The molecule has 0 spiro atoms. The lowest BCUT2D eigenvalue weighted by atomic mass is 9.93. The summed E-state index contributed by atoms with van der Waals surface area (Å²) in [6.45, 7) is 6.96. The maximum atomic E-state index is 3.62. The zero-order valence-corrected chi connectivity index (χ0v) is 12.0. The van der Waals surface area contributed by atoms with Gasteiger partial charge in [0.25, 0.3) is 0 Å². The van der Waals surface area contributed by atoms with Gasteiger partial charge in [-0.25, -0.2) is 0 Å². The zero-order chi connectivity index (χ0) is 12.3. The Kier molecular flexibility index (Phi) is 8.42. The molecule has 0 bridgehead atoms. The van der Waals surface area contributed by atoms with Crippen molar-refractivity contribution in [1.82, 2.24) is 5.32 Å². The third-order valence-electron chi connectivity index (χ3n) is 3.93. The Morgan fingerprint density at radius 2 is 1.65 bits per heavy atom. The van der Waals surface area contributed by atoms with E-state index in [0.29, 0.717) is 0 Å². The largest absolute Gasteiger partial charge is 0.313 e. The van der Waals surface area contributed by atoms with Gasteiger partial charge in [-0.2, -0.15) is 0 Å². The number of hydrogen-bond acceptors (Lipinski definition) is 1. The number of rotatable bonds is 9. The van der Waals surface area contributed by atoms with Crippen molar-refractivity contribution in [3.63, 3.8) is 0 Å². The summed E-state index contributed by atoms with van der Waals surface area (Å²) in [6, 6.07) is 0. The molecule has 1 aliphatic carbocycles. The van der Waals surface area contributed by atoms with Crippen LogP contribution in [0.5, 0.6) is 0 Å². The minimum absolute atomic E-state index is 1.15. The van der Waals surface area contributed by atoms with Crippen molar-refractivity contribution < 1.29 is 0 Å². The first kappa shape index (κ1) is 14.8. The molecule has 0 heterocycles. The monoisotopic (exact) mass is 237 g/mol. The van der Waals surface area contributed by atoms with Crippen molar-refractivity contribution in [2.75, 3.05) is 13.1 Å². The number of unbranched alkanes of at least 4 members (excludes halogenated alkanes) is 5. The van der Waals surface area contributed by atoms with Gasteiger partial charge >= 0.3 is 0 Å². The highest BCUT2D eigenvalue weighted by Crippen LogP contribution is 2.23. The Balaban J connectivity index is 1.93. The minimum Gasteiger partial charge on any atom is -0.313 e. The topological polar surface area (TPSA) is 12.0 Å². The first-order valence-electron chi connectivity index (χ1n) is 7.72. The highest BCUT2D eigenvalue weighted by Gasteiger charge is 2.07.